The molecule has 3 aromatic rings. The number of nitrogens with zero attached hydrogens (tertiary/aromatic N) is 2. The number of hydrogen-bond donors (Lipinski definition) is 2. The van der Waals surface area contributed by atoms with E-state index in [4.69, 9.17) is 24.7 Å². The van der Waals surface area contributed by atoms with Crippen molar-refractivity contribution in [1.82, 2.24) is 10.2 Å². The van der Waals surface area contributed by atoms with Gasteiger partial charge in [0.15, 0.2) is 11.5 Å². The van der Waals surface area contributed by atoms with Crippen LogP contribution in [0.3, 0.4) is 0 Å². The summed E-state index contributed by atoms with van der Waals surface area (Å²) >= 11 is 0. The monoisotopic (exact) mass is 446 g/mol. The summed E-state index contributed by atoms with van der Waals surface area (Å²) in [6.45, 7) is 5.15. The van der Waals surface area contributed by atoms with E-state index >= 15 is 0 Å². The van der Waals surface area contributed by atoms with Gasteiger partial charge in [-0.3, -0.25) is 5.10 Å². The van der Waals surface area contributed by atoms with E-state index in [1.807, 2.05) is 56.3 Å². The molecule has 8 nitrogen and oxygen atoms in total. The fourth-order valence-corrected chi connectivity index (χ4v) is 3.88. The zero-order chi connectivity index (χ0) is 23.4. The summed E-state index contributed by atoms with van der Waals surface area (Å²) in [5, 5.41) is 17.3. The van der Waals surface area contributed by atoms with E-state index in [0.717, 1.165) is 34.6 Å². The lowest BCUT2D eigenvalue weighted by Crippen LogP contribution is -2.21. The molecule has 0 spiro atoms. The number of methoxy groups -OCH3 is 1. The van der Waals surface area contributed by atoms with Crippen LogP contribution >= 0.6 is 0 Å². The third-order valence-electron chi connectivity index (χ3n) is 5.38. The highest BCUT2D eigenvalue weighted by Gasteiger charge is 2.36. The van der Waals surface area contributed by atoms with Gasteiger partial charge in [-0.05, 0) is 55.3 Å². The lowest BCUT2D eigenvalue weighted by molar-refractivity contribution is 0.294. The zero-order valence-electron chi connectivity index (χ0n) is 18.8. The van der Waals surface area contributed by atoms with Gasteiger partial charge in [0.2, 0.25) is 11.8 Å². The summed E-state index contributed by atoms with van der Waals surface area (Å²) in [6.07, 6.45) is 0.881. The number of allylic oxidation sites excluding steroid dienone is 1. The molecule has 8 heteroatoms. The molecule has 3 N–H and O–H groups in total. The van der Waals surface area contributed by atoms with Crippen molar-refractivity contribution in [1.29, 1.82) is 5.26 Å². The Hall–Kier alpha value is -4.12. The molecule has 0 saturated heterocycles. The van der Waals surface area contributed by atoms with Gasteiger partial charge in [-0.25, -0.2) is 0 Å². The predicted octanol–water partition coefficient (Wildman–Crippen LogP) is 4.49. The molecule has 2 heterocycles. The molecule has 0 amide bonds. The van der Waals surface area contributed by atoms with Crippen molar-refractivity contribution in [2.75, 3.05) is 20.3 Å². The predicted molar refractivity (Wildman–Crippen MR) is 123 cm³/mol. The highest BCUT2D eigenvalue weighted by molar-refractivity contribution is 5.71. The van der Waals surface area contributed by atoms with Gasteiger partial charge < -0.3 is 24.7 Å². The number of hydrogen-bond acceptors (Lipinski definition) is 7. The summed E-state index contributed by atoms with van der Waals surface area (Å²) in [7, 11) is 1.59. The van der Waals surface area contributed by atoms with Crippen LogP contribution in [0.25, 0.3) is 11.3 Å². The molecule has 0 aliphatic carbocycles. The second kappa shape index (κ2) is 9.57. The number of benzene rings is 2. The third kappa shape index (κ3) is 4.17. The number of nitrogens with two attached hydrogens (primary N) is 1. The summed E-state index contributed by atoms with van der Waals surface area (Å²) in [4.78, 5) is 0. The van der Waals surface area contributed by atoms with Gasteiger partial charge in [0.05, 0.1) is 37.5 Å². The zero-order valence-corrected chi connectivity index (χ0v) is 18.8. The number of rotatable bonds is 8. The van der Waals surface area contributed by atoms with E-state index in [1.165, 1.54) is 0 Å². The van der Waals surface area contributed by atoms with Crippen LogP contribution < -0.4 is 24.7 Å². The van der Waals surface area contributed by atoms with E-state index in [-0.39, 0.29) is 5.88 Å². The quantitative estimate of drug-likeness (QED) is 0.524. The Labute approximate surface area is 192 Å². The van der Waals surface area contributed by atoms with Gasteiger partial charge in [-0.1, -0.05) is 13.0 Å². The van der Waals surface area contributed by atoms with Crippen molar-refractivity contribution in [2.24, 2.45) is 5.73 Å². The van der Waals surface area contributed by atoms with Crippen molar-refractivity contribution in [3.8, 4) is 40.5 Å². The smallest absolute Gasteiger partial charge is 0.244 e. The molecule has 0 saturated carbocycles. The van der Waals surface area contributed by atoms with E-state index in [0.29, 0.717) is 36.2 Å². The molecule has 2 aromatic carbocycles. The first-order valence-electron chi connectivity index (χ1n) is 10.8. The van der Waals surface area contributed by atoms with Crippen LogP contribution in [0.4, 0.5) is 0 Å². The number of H-pyrrole nitrogens is 1. The summed E-state index contributed by atoms with van der Waals surface area (Å²) in [5.74, 6) is 1.88. The molecule has 33 heavy (non-hydrogen) atoms. The molecule has 0 bridgehead atoms. The van der Waals surface area contributed by atoms with Crippen LogP contribution in [0.15, 0.2) is 53.9 Å². The number of nitriles is 1. The second-order valence-corrected chi connectivity index (χ2v) is 7.46. The van der Waals surface area contributed by atoms with Crippen molar-refractivity contribution in [2.45, 2.75) is 26.2 Å². The maximum Gasteiger partial charge on any atom is 0.244 e. The van der Waals surface area contributed by atoms with Crippen molar-refractivity contribution >= 4 is 0 Å². The highest BCUT2D eigenvalue weighted by Crippen LogP contribution is 2.47. The molecule has 4 rings (SSSR count). The first kappa shape index (κ1) is 22.1. The molecule has 0 fully saturated rings. The summed E-state index contributed by atoms with van der Waals surface area (Å²) in [6, 6.07) is 15.5. The van der Waals surface area contributed by atoms with Crippen LogP contribution in [-0.4, -0.2) is 30.5 Å². The maximum absolute atomic E-state index is 9.94. The molecule has 1 aromatic heterocycles. The Morgan fingerprint density at radius 3 is 2.58 bits per heavy atom. The summed E-state index contributed by atoms with van der Waals surface area (Å²) < 4.78 is 22.6. The van der Waals surface area contributed by atoms with E-state index in [2.05, 4.69) is 16.3 Å². The Morgan fingerprint density at radius 1 is 1.12 bits per heavy atom. The Balaban J connectivity index is 1.82. The maximum atomic E-state index is 9.94. The fourth-order valence-electron chi connectivity index (χ4n) is 3.88. The van der Waals surface area contributed by atoms with Gasteiger partial charge in [-0.2, -0.15) is 5.26 Å². The molecular weight excluding hydrogens is 420 g/mol. The van der Waals surface area contributed by atoms with Crippen molar-refractivity contribution < 1.29 is 18.9 Å². The Kier molecular flexibility index (Phi) is 6.41. The lowest BCUT2D eigenvalue weighted by atomic mass is 9.83. The first-order valence-corrected chi connectivity index (χ1v) is 10.8. The van der Waals surface area contributed by atoms with E-state index in [1.54, 1.807) is 7.11 Å². The minimum atomic E-state index is -0.492. The van der Waals surface area contributed by atoms with Crippen LogP contribution in [-0.2, 0) is 0 Å². The van der Waals surface area contributed by atoms with Gasteiger partial charge in [-0.15, -0.1) is 5.10 Å². The van der Waals surface area contributed by atoms with Crippen molar-refractivity contribution in [3.05, 3.63) is 65.0 Å². The van der Waals surface area contributed by atoms with Gasteiger partial charge in [0.25, 0.3) is 0 Å². The molecule has 1 aliphatic rings. The molecule has 0 radical (unpaired) electrons. The highest BCUT2D eigenvalue weighted by atomic mass is 16.5. The topological polar surface area (TPSA) is 115 Å². The first-order chi connectivity index (χ1) is 16.1. The van der Waals surface area contributed by atoms with E-state index < -0.39 is 5.92 Å². The number of ether oxygens (including phenoxy) is 4. The van der Waals surface area contributed by atoms with Crippen LogP contribution in [0.5, 0.6) is 23.1 Å². The van der Waals surface area contributed by atoms with Gasteiger partial charge >= 0.3 is 0 Å². The van der Waals surface area contributed by atoms with Crippen molar-refractivity contribution in [3.63, 3.8) is 0 Å². The van der Waals surface area contributed by atoms with Crippen LogP contribution in [0.2, 0.25) is 0 Å². The molecule has 1 atom stereocenters. The number of fused-ring (bicyclic) bond motifs is 1. The van der Waals surface area contributed by atoms with Crippen LogP contribution in [0.1, 0.15) is 37.3 Å². The molecular formula is C25H26N4O4. The number of aromatic nitrogens is 2. The average molecular weight is 447 g/mol. The third-order valence-corrected chi connectivity index (χ3v) is 5.38. The minimum Gasteiger partial charge on any atom is -0.494 e. The summed E-state index contributed by atoms with van der Waals surface area (Å²) in [5.41, 5.74) is 9.58. The molecule has 1 aliphatic heterocycles. The van der Waals surface area contributed by atoms with E-state index in [9.17, 15) is 5.26 Å². The average Bonchev–Trinajstić information content (AvgIpc) is 3.25. The van der Waals surface area contributed by atoms with Crippen LogP contribution in [0, 0.1) is 11.3 Å². The minimum absolute atomic E-state index is 0.0324. The SMILES string of the molecule is CCCOc1ccc(C2C(C#N)=C(N)Oc3n[nH]c(-c4ccc(OCC)cc4)c32)cc1OC. The molecule has 170 valence electrons. The largest absolute Gasteiger partial charge is 0.494 e. The fraction of sp³-hybridized carbons (Fsp3) is 0.280. The molecule has 1 unspecified atom stereocenters. The standard InChI is InChI=1S/C25H26N4O4/c1-4-12-32-19-11-8-16(13-20(19)30-3)21-18(14-26)24(27)33-25-22(21)23(28-29-25)15-6-9-17(10-7-15)31-5-2/h6-11,13,21H,4-5,12,27H2,1-3H3,(H,28,29). The Bertz CT molecular complexity index is 1210. The lowest BCUT2D eigenvalue weighted by Gasteiger charge is -2.25. The van der Waals surface area contributed by atoms with Gasteiger partial charge in [0.1, 0.15) is 17.4 Å². The second-order valence-electron chi connectivity index (χ2n) is 7.46. The van der Waals surface area contributed by atoms with Gasteiger partial charge in [0, 0.05) is 5.56 Å². The Morgan fingerprint density at radius 2 is 1.91 bits per heavy atom. The number of nitrogens with one attached hydrogen (secondary N) is 1. The normalized spacial score (nSPS) is 14.8. The number of aromatic amines is 1.